The van der Waals surface area contributed by atoms with E-state index in [-0.39, 0.29) is 0 Å². The second-order valence-corrected chi connectivity index (χ2v) is 5.67. The number of likely N-dealkylation sites (tertiary alicyclic amines) is 1. The van der Waals surface area contributed by atoms with E-state index in [2.05, 4.69) is 29.5 Å². The third-order valence-electron chi connectivity index (χ3n) is 3.89. The van der Waals surface area contributed by atoms with Crippen LogP contribution in [-0.4, -0.2) is 37.1 Å². The zero-order valence-corrected chi connectivity index (χ0v) is 12.2. The molecule has 20 heavy (non-hydrogen) atoms. The van der Waals surface area contributed by atoms with E-state index in [0.29, 0.717) is 12.0 Å². The minimum absolute atomic E-state index is 0.404. The van der Waals surface area contributed by atoms with Crippen molar-refractivity contribution in [3.8, 4) is 0 Å². The van der Waals surface area contributed by atoms with Gasteiger partial charge in [-0.2, -0.15) is 0 Å². The molecule has 1 aromatic rings. The van der Waals surface area contributed by atoms with Gasteiger partial charge in [-0.15, -0.1) is 0 Å². The number of hydrogen-bond acceptors (Lipinski definition) is 3. The Labute approximate surface area is 120 Å². The van der Waals surface area contributed by atoms with E-state index in [0.717, 1.165) is 17.9 Å². The van der Waals surface area contributed by atoms with Gasteiger partial charge in [0.2, 0.25) is 0 Å². The fourth-order valence-corrected chi connectivity index (χ4v) is 2.82. The minimum Gasteiger partial charge on any atom is -0.382 e. The molecule has 0 bridgehead atoms. The summed E-state index contributed by atoms with van der Waals surface area (Å²) in [5.41, 5.74) is 6.86. The molecule has 5 heteroatoms. The summed E-state index contributed by atoms with van der Waals surface area (Å²) in [7, 11) is 2.18. The molecule has 1 aliphatic rings. The number of primary amides is 1. The first-order valence-corrected chi connectivity index (χ1v) is 7.16. The van der Waals surface area contributed by atoms with Gasteiger partial charge in [-0.05, 0) is 57.5 Å². The van der Waals surface area contributed by atoms with Crippen LogP contribution < -0.4 is 16.4 Å². The maximum Gasteiger partial charge on any atom is 0.316 e. The van der Waals surface area contributed by atoms with Crippen LogP contribution in [0.1, 0.15) is 19.8 Å². The monoisotopic (exact) mass is 276 g/mol. The van der Waals surface area contributed by atoms with Gasteiger partial charge < -0.3 is 21.3 Å². The Morgan fingerprint density at radius 2 is 2.20 bits per heavy atom. The molecule has 1 saturated heterocycles. The van der Waals surface area contributed by atoms with Crippen molar-refractivity contribution in [3.63, 3.8) is 0 Å². The molecule has 0 aromatic heterocycles. The lowest BCUT2D eigenvalue weighted by atomic mass is 9.92. The van der Waals surface area contributed by atoms with Gasteiger partial charge in [0.1, 0.15) is 0 Å². The van der Waals surface area contributed by atoms with Gasteiger partial charge in [-0.1, -0.05) is 6.07 Å². The summed E-state index contributed by atoms with van der Waals surface area (Å²) in [6.45, 7) is 4.55. The maximum absolute atomic E-state index is 10.9. The van der Waals surface area contributed by atoms with Crippen LogP contribution >= 0.6 is 0 Å². The van der Waals surface area contributed by atoms with Crippen LogP contribution in [0.4, 0.5) is 16.2 Å². The predicted octanol–water partition coefficient (Wildman–Crippen LogP) is 2.32. The van der Waals surface area contributed by atoms with Crippen molar-refractivity contribution in [2.45, 2.75) is 25.8 Å². The molecule has 0 spiro atoms. The SMILES string of the molecule is CC(Nc1cccc(NC(N)=O)c1)C1CCCN(C)C1. The summed E-state index contributed by atoms with van der Waals surface area (Å²) < 4.78 is 0. The van der Waals surface area contributed by atoms with Crippen molar-refractivity contribution in [3.05, 3.63) is 24.3 Å². The predicted molar refractivity (Wildman–Crippen MR) is 83.0 cm³/mol. The Kier molecular flexibility index (Phi) is 4.84. The number of benzene rings is 1. The Bertz CT molecular complexity index is 463. The van der Waals surface area contributed by atoms with Gasteiger partial charge in [0, 0.05) is 24.0 Å². The number of piperidine rings is 1. The molecule has 1 aliphatic heterocycles. The number of nitrogens with zero attached hydrogens (tertiary/aromatic N) is 1. The number of rotatable bonds is 4. The van der Waals surface area contributed by atoms with Crippen LogP contribution in [0.5, 0.6) is 0 Å². The van der Waals surface area contributed by atoms with Gasteiger partial charge in [0.05, 0.1) is 0 Å². The van der Waals surface area contributed by atoms with Crippen LogP contribution in [0.15, 0.2) is 24.3 Å². The van der Waals surface area contributed by atoms with Crippen molar-refractivity contribution in [1.29, 1.82) is 0 Å². The molecule has 2 unspecified atom stereocenters. The van der Waals surface area contributed by atoms with E-state index in [4.69, 9.17) is 5.73 Å². The zero-order valence-electron chi connectivity index (χ0n) is 12.2. The maximum atomic E-state index is 10.9. The Morgan fingerprint density at radius 1 is 1.45 bits per heavy atom. The molecular weight excluding hydrogens is 252 g/mol. The molecule has 5 nitrogen and oxygen atoms in total. The van der Waals surface area contributed by atoms with Crippen LogP contribution in [0.25, 0.3) is 0 Å². The average molecular weight is 276 g/mol. The molecular formula is C15H24N4O. The number of nitrogens with two attached hydrogens (primary N) is 1. The van der Waals surface area contributed by atoms with Crippen LogP contribution in [0.3, 0.4) is 0 Å². The Balaban J connectivity index is 1.96. The fraction of sp³-hybridized carbons (Fsp3) is 0.533. The molecule has 0 saturated carbocycles. The second kappa shape index (κ2) is 6.61. The van der Waals surface area contributed by atoms with E-state index in [9.17, 15) is 4.79 Å². The number of anilines is 2. The summed E-state index contributed by atoms with van der Waals surface area (Å²) >= 11 is 0. The van der Waals surface area contributed by atoms with E-state index in [1.165, 1.54) is 19.4 Å². The highest BCUT2D eigenvalue weighted by Crippen LogP contribution is 2.23. The molecule has 2 amide bonds. The largest absolute Gasteiger partial charge is 0.382 e. The molecule has 0 radical (unpaired) electrons. The van der Waals surface area contributed by atoms with Gasteiger partial charge in [0.15, 0.2) is 0 Å². The highest BCUT2D eigenvalue weighted by atomic mass is 16.2. The first-order valence-electron chi connectivity index (χ1n) is 7.16. The van der Waals surface area contributed by atoms with E-state index < -0.39 is 6.03 Å². The standard InChI is InChI=1S/C15H24N4O/c1-11(12-5-4-8-19(2)10-12)17-13-6-3-7-14(9-13)18-15(16)20/h3,6-7,9,11-12,17H,4-5,8,10H2,1-2H3,(H3,16,18,20). The van der Waals surface area contributed by atoms with Crippen molar-refractivity contribution < 1.29 is 4.79 Å². The molecule has 2 atom stereocenters. The topological polar surface area (TPSA) is 70.4 Å². The molecule has 110 valence electrons. The van der Waals surface area contributed by atoms with Crippen molar-refractivity contribution in [2.24, 2.45) is 11.7 Å². The summed E-state index contributed by atoms with van der Waals surface area (Å²) in [6, 6.07) is 7.52. The molecule has 2 rings (SSSR count). The highest BCUT2D eigenvalue weighted by molar-refractivity contribution is 5.88. The zero-order chi connectivity index (χ0) is 14.5. The number of hydrogen-bond donors (Lipinski definition) is 3. The summed E-state index contributed by atoms with van der Waals surface area (Å²) in [6.07, 6.45) is 2.52. The second-order valence-electron chi connectivity index (χ2n) is 5.67. The fourth-order valence-electron chi connectivity index (χ4n) is 2.82. The van der Waals surface area contributed by atoms with Crippen LogP contribution in [0, 0.1) is 5.92 Å². The minimum atomic E-state index is -0.538. The lowest BCUT2D eigenvalue weighted by Crippen LogP contribution is -2.39. The molecule has 0 aliphatic carbocycles. The van der Waals surface area contributed by atoms with Gasteiger partial charge in [-0.3, -0.25) is 0 Å². The third-order valence-corrected chi connectivity index (χ3v) is 3.89. The summed E-state index contributed by atoms with van der Waals surface area (Å²) in [5.74, 6) is 0.654. The smallest absolute Gasteiger partial charge is 0.316 e. The van der Waals surface area contributed by atoms with E-state index >= 15 is 0 Å². The first-order chi connectivity index (χ1) is 9.54. The highest BCUT2D eigenvalue weighted by Gasteiger charge is 2.22. The summed E-state index contributed by atoms with van der Waals surface area (Å²) in [5, 5.41) is 6.12. The number of carbonyl (C=O) groups excluding carboxylic acids is 1. The average Bonchev–Trinajstić information content (AvgIpc) is 2.38. The molecule has 1 aromatic carbocycles. The number of nitrogens with one attached hydrogen (secondary N) is 2. The van der Waals surface area contributed by atoms with Gasteiger partial charge in [0.25, 0.3) is 0 Å². The normalized spacial score (nSPS) is 21.2. The summed E-state index contributed by atoms with van der Waals surface area (Å²) in [4.78, 5) is 13.3. The third kappa shape index (κ3) is 4.13. The quantitative estimate of drug-likeness (QED) is 0.790. The number of urea groups is 1. The van der Waals surface area contributed by atoms with Crippen molar-refractivity contribution in [1.82, 2.24) is 4.90 Å². The molecule has 1 fully saturated rings. The van der Waals surface area contributed by atoms with Crippen molar-refractivity contribution in [2.75, 3.05) is 30.8 Å². The molecule has 1 heterocycles. The Morgan fingerprint density at radius 3 is 2.90 bits per heavy atom. The lowest BCUT2D eigenvalue weighted by Gasteiger charge is -2.34. The van der Waals surface area contributed by atoms with Gasteiger partial charge >= 0.3 is 6.03 Å². The van der Waals surface area contributed by atoms with Gasteiger partial charge in [-0.25, -0.2) is 4.79 Å². The molecule has 4 N–H and O–H groups in total. The first kappa shape index (κ1) is 14.7. The van der Waals surface area contributed by atoms with E-state index in [1.54, 1.807) is 0 Å². The Hall–Kier alpha value is -1.75. The van der Waals surface area contributed by atoms with E-state index in [1.807, 2.05) is 24.3 Å². The number of amides is 2. The van der Waals surface area contributed by atoms with Crippen LogP contribution in [0.2, 0.25) is 0 Å². The van der Waals surface area contributed by atoms with Crippen molar-refractivity contribution >= 4 is 17.4 Å². The van der Waals surface area contributed by atoms with Crippen LogP contribution in [-0.2, 0) is 0 Å². The number of carbonyl (C=O) groups is 1. The lowest BCUT2D eigenvalue weighted by molar-refractivity contribution is 0.197.